The molecule has 3 aromatic carbocycles. The van der Waals surface area contributed by atoms with Crippen LogP contribution in [0.1, 0.15) is 18.1 Å². The Hall–Kier alpha value is -4.20. The molecule has 0 radical (unpaired) electrons. The molecule has 3 aromatic rings. The average Bonchev–Trinajstić information content (AvgIpc) is 2.82. The van der Waals surface area contributed by atoms with Crippen molar-refractivity contribution in [3.05, 3.63) is 89.7 Å². The van der Waals surface area contributed by atoms with E-state index in [1.165, 1.54) is 25.3 Å². The number of rotatable bonds is 7. The number of halogens is 1. The number of nitrogens with one attached hydrogen (secondary N) is 2. The maximum Gasteiger partial charge on any atom is 0.329 e. The SMILES string of the molecule is COc1cc(C(C)=NNC(=O)C(=O)Nc2ccccc2F)ccc1OCc1ccccc1. The van der Waals surface area contributed by atoms with Gasteiger partial charge in [0.2, 0.25) is 0 Å². The highest BCUT2D eigenvalue weighted by atomic mass is 19.1. The van der Waals surface area contributed by atoms with Crippen molar-refractivity contribution in [2.24, 2.45) is 5.10 Å². The normalized spacial score (nSPS) is 10.9. The number of carbonyl (C=O) groups excluding carboxylic acids is 2. The van der Waals surface area contributed by atoms with Gasteiger partial charge in [0, 0.05) is 5.56 Å². The molecule has 0 aromatic heterocycles. The van der Waals surface area contributed by atoms with E-state index in [4.69, 9.17) is 9.47 Å². The summed E-state index contributed by atoms with van der Waals surface area (Å²) >= 11 is 0. The van der Waals surface area contributed by atoms with Crippen LogP contribution in [0.3, 0.4) is 0 Å². The maximum absolute atomic E-state index is 13.6. The number of ether oxygens (including phenoxy) is 2. The Morgan fingerprint density at radius 1 is 0.938 bits per heavy atom. The summed E-state index contributed by atoms with van der Waals surface area (Å²) in [6.07, 6.45) is 0. The highest BCUT2D eigenvalue weighted by Crippen LogP contribution is 2.29. The fraction of sp³-hybridized carbons (Fsp3) is 0.125. The molecular weight excluding hydrogens is 413 g/mol. The molecule has 0 unspecified atom stereocenters. The number of hydrogen-bond donors (Lipinski definition) is 2. The fourth-order valence-electron chi connectivity index (χ4n) is 2.74. The van der Waals surface area contributed by atoms with Crippen LogP contribution < -0.4 is 20.2 Å². The maximum atomic E-state index is 13.6. The van der Waals surface area contributed by atoms with Gasteiger partial charge in [-0.1, -0.05) is 42.5 Å². The van der Waals surface area contributed by atoms with Crippen molar-refractivity contribution in [3.63, 3.8) is 0 Å². The summed E-state index contributed by atoms with van der Waals surface area (Å²) < 4.78 is 24.8. The predicted molar refractivity (Wildman–Crippen MR) is 119 cm³/mol. The minimum atomic E-state index is -1.03. The first-order valence-corrected chi connectivity index (χ1v) is 9.73. The fourth-order valence-corrected chi connectivity index (χ4v) is 2.74. The van der Waals surface area contributed by atoms with Crippen LogP contribution in [0.25, 0.3) is 0 Å². The Kier molecular flexibility index (Phi) is 7.53. The molecule has 3 rings (SSSR count). The topological polar surface area (TPSA) is 89.0 Å². The Balaban J connectivity index is 1.63. The predicted octanol–water partition coefficient (Wildman–Crippen LogP) is 3.89. The molecular formula is C24H22FN3O4. The van der Waals surface area contributed by atoms with Crippen molar-refractivity contribution in [2.75, 3.05) is 12.4 Å². The molecule has 0 heterocycles. The molecule has 0 aliphatic heterocycles. The standard InChI is InChI=1S/C24H22FN3O4/c1-16(27-28-24(30)23(29)26-20-11-7-6-10-19(20)25)18-12-13-21(22(14-18)31-2)32-15-17-8-4-3-5-9-17/h3-14H,15H2,1-2H3,(H,26,29)(H,28,30). The molecule has 8 heteroatoms. The quantitative estimate of drug-likeness (QED) is 0.335. The number of anilines is 1. The van der Waals surface area contributed by atoms with E-state index in [9.17, 15) is 14.0 Å². The van der Waals surface area contributed by atoms with Gasteiger partial charge in [0.25, 0.3) is 0 Å². The van der Waals surface area contributed by atoms with E-state index in [0.29, 0.717) is 29.4 Å². The molecule has 32 heavy (non-hydrogen) atoms. The lowest BCUT2D eigenvalue weighted by Crippen LogP contribution is -2.33. The monoisotopic (exact) mass is 435 g/mol. The summed E-state index contributed by atoms with van der Waals surface area (Å²) in [6, 6.07) is 20.5. The van der Waals surface area contributed by atoms with Gasteiger partial charge < -0.3 is 14.8 Å². The van der Waals surface area contributed by atoms with Crippen LogP contribution >= 0.6 is 0 Å². The Bertz CT molecular complexity index is 1130. The van der Waals surface area contributed by atoms with Crippen LogP contribution in [0.4, 0.5) is 10.1 Å². The van der Waals surface area contributed by atoms with Gasteiger partial charge in [-0.05, 0) is 42.8 Å². The first kappa shape index (κ1) is 22.5. The van der Waals surface area contributed by atoms with Gasteiger partial charge in [-0.15, -0.1) is 0 Å². The van der Waals surface area contributed by atoms with Crippen molar-refractivity contribution in [3.8, 4) is 11.5 Å². The Morgan fingerprint density at radius 3 is 2.38 bits per heavy atom. The van der Waals surface area contributed by atoms with Gasteiger partial charge in [-0.3, -0.25) is 9.59 Å². The van der Waals surface area contributed by atoms with Crippen molar-refractivity contribution in [2.45, 2.75) is 13.5 Å². The third-order valence-electron chi connectivity index (χ3n) is 4.47. The number of benzene rings is 3. The highest BCUT2D eigenvalue weighted by Gasteiger charge is 2.15. The molecule has 164 valence electrons. The van der Waals surface area contributed by atoms with Gasteiger partial charge in [0.15, 0.2) is 11.5 Å². The van der Waals surface area contributed by atoms with E-state index in [1.807, 2.05) is 30.3 Å². The first-order chi connectivity index (χ1) is 15.5. The van der Waals surface area contributed by atoms with Crippen molar-refractivity contribution in [1.29, 1.82) is 0 Å². The largest absolute Gasteiger partial charge is 0.493 e. The van der Waals surface area contributed by atoms with Crippen molar-refractivity contribution >= 4 is 23.2 Å². The van der Waals surface area contributed by atoms with Gasteiger partial charge in [-0.25, -0.2) is 9.82 Å². The molecule has 0 aliphatic rings. The van der Waals surface area contributed by atoms with E-state index in [2.05, 4.69) is 15.8 Å². The van der Waals surface area contributed by atoms with Gasteiger partial charge in [0.05, 0.1) is 18.5 Å². The molecule has 2 N–H and O–H groups in total. The summed E-state index contributed by atoms with van der Waals surface area (Å²) in [4.78, 5) is 23.9. The zero-order valence-corrected chi connectivity index (χ0v) is 17.6. The molecule has 2 amide bonds. The highest BCUT2D eigenvalue weighted by molar-refractivity contribution is 6.39. The minimum Gasteiger partial charge on any atom is -0.493 e. The molecule has 0 atom stereocenters. The zero-order chi connectivity index (χ0) is 22.9. The van der Waals surface area contributed by atoms with Crippen LogP contribution in [0, 0.1) is 5.82 Å². The third-order valence-corrected chi connectivity index (χ3v) is 4.47. The molecule has 7 nitrogen and oxygen atoms in total. The summed E-state index contributed by atoms with van der Waals surface area (Å²) in [6.45, 7) is 2.05. The Morgan fingerprint density at radius 2 is 1.66 bits per heavy atom. The molecule has 0 fully saturated rings. The summed E-state index contributed by atoms with van der Waals surface area (Å²) in [5, 5.41) is 6.14. The number of nitrogens with zero attached hydrogens (tertiary/aromatic N) is 1. The second kappa shape index (κ2) is 10.7. The van der Waals surface area contributed by atoms with E-state index in [0.717, 1.165) is 5.56 Å². The lowest BCUT2D eigenvalue weighted by atomic mass is 10.1. The van der Waals surface area contributed by atoms with E-state index >= 15 is 0 Å². The van der Waals surface area contributed by atoms with E-state index in [-0.39, 0.29) is 5.69 Å². The van der Waals surface area contributed by atoms with Crippen LogP contribution in [-0.4, -0.2) is 24.6 Å². The zero-order valence-electron chi connectivity index (χ0n) is 17.6. The van der Waals surface area contributed by atoms with Crippen LogP contribution in [0.5, 0.6) is 11.5 Å². The second-order valence-electron chi connectivity index (χ2n) is 6.71. The van der Waals surface area contributed by atoms with Crippen LogP contribution in [0.15, 0.2) is 77.9 Å². The number of methoxy groups -OCH3 is 1. The van der Waals surface area contributed by atoms with Gasteiger partial charge >= 0.3 is 11.8 Å². The number of hydrazone groups is 1. The number of carbonyl (C=O) groups is 2. The van der Waals surface area contributed by atoms with Crippen molar-refractivity contribution < 1.29 is 23.5 Å². The molecule has 0 bridgehead atoms. The van der Waals surface area contributed by atoms with Gasteiger partial charge in [-0.2, -0.15) is 5.10 Å². The van der Waals surface area contributed by atoms with E-state index in [1.54, 1.807) is 31.2 Å². The first-order valence-electron chi connectivity index (χ1n) is 9.73. The minimum absolute atomic E-state index is 0.0934. The Labute approximate surface area is 184 Å². The molecule has 0 spiro atoms. The molecule has 0 saturated carbocycles. The van der Waals surface area contributed by atoms with Crippen LogP contribution in [-0.2, 0) is 16.2 Å². The number of amides is 2. The summed E-state index contributed by atoms with van der Waals surface area (Å²) in [7, 11) is 1.52. The smallest absolute Gasteiger partial charge is 0.329 e. The van der Waals surface area contributed by atoms with Gasteiger partial charge in [0.1, 0.15) is 12.4 Å². The summed E-state index contributed by atoms with van der Waals surface area (Å²) in [5.41, 5.74) is 4.18. The van der Waals surface area contributed by atoms with E-state index < -0.39 is 17.6 Å². The number of hydrogen-bond acceptors (Lipinski definition) is 5. The summed E-state index contributed by atoms with van der Waals surface area (Å²) in [5.74, 6) is -1.65. The lowest BCUT2D eigenvalue weighted by Gasteiger charge is -2.12. The lowest BCUT2D eigenvalue weighted by molar-refractivity contribution is -0.136. The van der Waals surface area contributed by atoms with Crippen LogP contribution in [0.2, 0.25) is 0 Å². The second-order valence-corrected chi connectivity index (χ2v) is 6.71. The third kappa shape index (κ3) is 5.91. The number of para-hydroxylation sites is 1. The van der Waals surface area contributed by atoms with Crippen molar-refractivity contribution in [1.82, 2.24) is 5.43 Å². The molecule has 0 aliphatic carbocycles. The molecule has 0 saturated heterocycles. The average molecular weight is 435 g/mol.